The van der Waals surface area contributed by atoms with E-state index in [1.54, 1.807) is 13.0 Å². The molecule has 0 saturated carbocycles. The predicted molar refractivity (Wildman–Crippen MR) is 122 cm³/mol. The number of carbonyl (C=O) groups is 1. The standard InChI is InChI=1S/C23H19Cl2FN4O3/c1-13-6-3-4-9-20(13)32-12-16-14(2)33-29-21(16)23(31)27-22-18(25)11-30(28-22)10-15-17(24)7-5-8-19(15)26/h3-9,11H,10,12H2,1-2H3,(H,27,28,31). The fourth-order valence-electron chi connectivity index (χ4n) is 3.18. The maximum atomic E-state index is 14.1. The summed E-state index contributed by atoms with van der Waals surface area (Å²) in [6.07, 6.45) is 1.47. The highest BCUT2D eigenvalue weighted by Crippen LogP contribution is 2.25. The van der Waals surface area contributed by atoms with Crippen molar-refractivity contribution in [3.8, 4) is 5.75 Å². The number of halogens is 3. The van der Waals surface area contributed by atoms with E-state index in [0.29, 0.717) is 17.1 Å². The van der Waals surface area contributed by atoms with Gasteiger partial charge in [0.1, 0.15) is 29.0 Å². The number of ether oxygens (including phenoxy) is 1. The lowest BCUT2D eigenvalue weighted by Gasteiger charge is -2.09. The Morgan fingerprint density at radius 3 is 2.67 bits per heavy atom. The number of hydrogen-bond donors (Lipinski definition) is 1. The second-order valence-electron chi connectivity index (χ2n) is 7.30. The molecule has 0 atom stereocenters. The Morgan fingerprint density at radius 2 is 1.91 bits per heavy atom. The van der Waals surface area contributed by atoms with Crippen molar-refractivity contribution in [3.63, 3.8) is 0 Å². The largest absolute Gasteiger partial charge is 0.488 e. The molecule has 1 amide bonds. The summed E-state index contributed by atoms with van der Waals surface area (Å²) in [6, 6.07) is 12.0. The minimum absolute atomic E-state index is 0.0414. The molecule has 0 bridgehead atoms. The van der Waals surface area contributed by atoms with E-state index in [4.69, 9.17) is 32.5 Å². The molecule has 0 saturated heterocycles. The summed E-state index contributed by atoms with van der Waals surface area (Å²) >= 11 is 12.3. The van der Waals surface area contributed by atoms with Gasteiger partial charge in [0.2, 0.25) is 0 Å². The molecule has 1 N–H and O–H groups in total. The Bertz CT molecular complexity index is 1300. The van der Waals surface area contributed by atoms with Gasteiger partial charge in [-0.3, -0.25) is 9.48 Å². The average Bonchev–Trinajstić information content (AvgIpc) is 3.32. The molecule has 0 fully saturated rings. The van der Waals surface area contributed by atoms with Crippen LogP contribution in [0.2, 0.25) is 10.0 Å². The summed E-state index contributed by atoms with van der Waals surface area (Å²) in [5.41, 5.74) is 1.79. The minimum atomic E-state index is -0.564. The molecule has 33 heavy (non-hydrogen) atoms. The van der Waals surface area contributed by atoms with Gasteiger partial charge in [-0.25, -0.2) is 4.39 Å². The molecule has 0 aliphatic rings. The minimum Gasteiger partial charge on any atom is -0.488 e. The molecular weight excluding hydrogens is 470 g/mol. The predicted octanol–water partition coefficient (Wildman–Crippen LogP) is 5.81. The van der Waals surface area contributed by atoms with Gasteiger partial charge in [0.15, 0.2) is 11.5 Å². The van der Waals surface area contributed by atoms with E-state index < -0.39 is 11.7 Å². The number of anilines is 1. The summed E-state index contributed by atoms with van der Waals surface area (Å²) in [7, 11) is 0. The molecule has 0 aliphatic heterocycles. The second kappa shape index (κ2) is 9.64. The number of para-hydroxylation sites is 1. The SMILES string of the molecule is Cc1ccccc1OCc1c(C(=O)Nc2nn(Cc3c(F)cccc3Cl)cc2Cl)noc1C. The highest BCUT2D eigenvalue weighted by molar-refractivity contribution is 6.33. The highest BCUT2D eigenvalue weighted by Gasteiger charge is 2.23. The zero-order valence-electron chi connectivity index (χ0n) is 17.7. The fourth-order valence-corrected chi connectivity index (χ4v) is 3.60. The molecule has 2 heterocycles. The third kappa shape index (κ3) is 5.02. The normalized spacial score (nSPS) is 10.9. The van der Waals surface area contributed by atoms with Crippen LogP contribution in [0.5, 0.6) is 5.75 Å². The summed E-state index contributed by atoms with van der Waals surface area (Å²) < 4.78 is 26.5. The number of carbonyl (C=O) groups excluding carboxylic acids is 1. The first-order chi connectivity index (χ1) is 15.8. The van der Waals surface area contributed by atoms with E-state index in [1.165, 1.54) is 23.0 Å². The van der Waals surface area contributed by atoms with Crippen LogP contribution in [-0.4, -0.2) is 20.8 Å². The number of benzene rings is 2. The Hall–Kier alpha value is -3.36. The van der Waals surface area contributed by atoms with Crippen LogP contribution in [0.15, 0.2) is 53.2 Å². The van der Waals surface area contributed by atoms with E-state index >= 15 is 0 Å². The molecule has 2 aromatic carbocycles. The van der Waals surface area contributed by atoms with Gasteiger partial charge in [-0.15, -0.1) is 0 Å². The van der Waals surface area contributed by atoms with Crippen LogP contribution in [-0.2, 0) is 13.2 Å². The van der Waals surface area contributed by atoms with E-state index in [9.17, 15) is 9.18 Å². The molecule has 10 heteroatoms. The lowest BCUT2D eigenvalue weighted by molar-refractivity contribution is 0.101. The molecule has 4 aromatic rings. The number of aromatic nitrogens is 3. The van der Waals surface area contributed by atoms with Crippen molar-refractivity contribution in [2.24, 2.45) is 0 Å². The summed E-state index contributed by atoms with van der Waals surface area (Å²) in [4.78, 5) is 12.9. The second-order valence-corrected chi connectivity index (χ2v) is 8.11. The van der Waals surface area contributed by atoms with Crippen molar-refractivity contribution in [1.82, 2.24) is 14.9 Å². The van der Waals surface area contributed by atoms with Crippen molar-refractivity contribution in [3.05, 3.63) is 92.7 Å². The van der Waals surface area contributed by atoms with Crippen LogP contribution in [0, 0.1) is 19.7 Å². The first-order valence-electron chi connectivity index (χ1n) is 9.94. The van der Waals surface area contributed by atoms with Crippen molar-refractivity contribution < 1.29 is 18.4 Å². The Balaban J connectivity index is 1.50. The van der Waals surface area contributed by atoms with Gasteiger partial charge in [0.25, 0.3) is 5.91 Å². The highest BCUT2D eigenvalue weighted by atomic mass is 35.5. The summed E-state index contributed by atoms with van der Waals surface area (Å²) in [6.45, 7) is 3.76. The van der Waals surface area contributed by atoms with Crippen LogP contribution in [0.3, 0.4) is 0 Å². The van der Waals surface area contributed by atoms with Crippen LogP contribution in [0.25, 0.3) is 0 Å². The quantitative estimate of drug-likeness (QED) is 0.354. The number of nitrogens with zero attached hydrogens (tertiary/aromatic N) is 3. The molecule has 7 nitrogen and oxygen atoms in total. The van der Waals surface area contributed by atoms with E-state index in [-0.39, 0.29) is 40.3 Å². The van der Waals surface area contributed by atoms with E-state index in [1.807, 2.05) is 31.2 Å². The van der Waals surface area contributed by atoms with Crippen LogP contribution in [0.4, 0.5) is 10.2 Å². The van der Waals surface area contributed by atoms with E-state index in [0.717, 1.165) is 5.56 Å². The van der Waals surface area contributed by atoms with Crippen molar-refractivity contribution in [2.75, 3.05) is 5.32 Å². The molecule has 4 rings (SSSR count). The zero-order valence-corrected chi connectivity index (χ0v) is 19.2. The fraction of sp³-hybridized carbons (Fsp3) is 0.174. The molecule has 0 unspecified atom stereocenters. The van der Waals surface area contributed by atoms with Crippen molar-refractivity contribution in [1.29, 1.82) is 0 Å². The smallest absolute Gasteiger partial charge is 0.279 e. The van der Waals surface area contributed by atoms with Gasteiger partial charge in [-0.1, -0.05) is 52.6 Å². The van der Waals surface area contributed by atoms with Crippen molar-refractivity contribution >= 4 is 34.9 Å². The van der Waals surface area contributed by atoms with Crippen LogP contribution >= 0.6 is 23.2 Å². The van der Waals surface area contributed by atoms with Gasteiger partial charge in [-0.2, -0.15) is 5.10 Å². The van der Waals surface area contributed by atoms with Gasteiger partial charge < -0.3 is 14.6 Å². The number of rotatable bonds is 7. The molecule has 170 valence electrons. The number of aryl methyl sites for hydroxylation is 2. The summed E-state index contributed by atoms with van der Waals surface area (Å²) in [5.74, 6) is 0.223. The molecule has 0 aliphatic carbocycles. The van der Waals surface area contributed by atoms with Gasteiger partial charge in [0, 0.05) is 16.8 Å². The van der Waals surface area contributed by atoms with Gasteiger partial charge >= 0.3 is 0 Å². The number of amides is 1. The topological polar surface area (TPSA) is 82.2 Å². The number of hydrogen-bond acceptors (Lipinski definition) is 5. The maximum Gasteiger partial charge on any atom is 0.279 e. The molecular formula is C23H19Cl2FN4O3. The molecule has 2 aromatic heterocycles. The lowest BCUT2D eigenvalue weighted by Crippen LogP contribution is -2.16. The lowest BCUT2D eigenvalue weighted by atomic mass is 10.2. The molecule has 0 radical (unpaired) electrons. The van der Waals surface area contributed by atoms with Gasteiger partial charge in [-0.05, 0) is 37.6 Å². The maximum absolute atomic E-state index is 14.1. The first-order valence-corrected chi connectivity index (χ1v) is 10.7. The monoisotopic (exact) mass is 488 g/mol. The van der Waals surface area contributed by atoms with Gasteiger partial charge in [0.05, 0.1) is 12.1 Å². The first kappa shape index (κ1) is 22.8. The Kier molecular flexibility index (Phi) is 6.67. The van der Waals surface area contributed by atoms with Crippen LogP contribution < -0.4 is 10.1 Å². The van der Waals surface area contributed by atoms with E-state index in [2.05, 4.69) is 15.6 Å². The Morgan fingerprint density at radius 1 is 1.12 bits per heavy atom. The van der Waals surface area contributed by atoms with Crippen LogP contribution in [0.1, 0.15) is 32.9 Å². The average molecular weight is 489 g/mol. The zero-order chi connectivity index (χ0) is 23.5. The number of nitrogens with one attached hydrogen (secondary N) is 1. The third-order valence-corrected chi connectivity index (χ3v) is 5.63. The molecule has 0 spiro atoms. The Labute approximate surface area is 199 Å². The summed E-state index contributed by atoms with van der Waals surface area (Å²) in [5, 5.41) is 11.2. The third-order valence-electron chi connectivity index (χ3n) is 5.00. The van der Waals surface area contributed by atoms with Crippen molar-refractivity contribution in [2.45, 2.75) is 27.0 Å².